The summed E-state index contributed by atoms with van der Waals surface area (Å²) in [6, 6.07) is 0.319. The minimum absolute atomic E-state index is 0.181. The van der Waals surface area contributed by atoms with Crippen LogP contribution in [0.3, 0.4) is 0 Å². The zero-order valence-corrected chi connectivity index (χ0v) is 12.3. The highest BCUT2D eigenvalue weighted by atomic mass is 16.3. The fourth-order valence-corrected chi connectivity index (χ4v) is 4.19. The summed E-state index contributed by atoms with van der Waals surface area (Å²) < 4.78 is 0. The molecule has 0 spiro atoms. The number of likely N-dealkylation sites (tertiary alicyclic amines) is 1. The smallest absolute Gasteiger partial charge is 0.226 e. The van der Waals surface area contributed by atoms with E-state index in [2.05, 4.69) is 18.7 Å². The van der Waals surface area contributed by atoms with Gasteiger partial charge in [0.15, 0.2) is 0 Å². The van der Waals surface area contributed by atoms with E-state index in [1.54, 1.807) is 0 Å². The quantitative estimate of drug-likeness (QED) is 0.833. The zero-order valence-electron chi connectivity index (χ0n) is 12.3. The topological polar surface area (TPSA) is 40.5 Å². The molecule has 1 aliphatic heterocycles. The number of nitrogens with zero attached hydrogens (tertiary/aromatic N) is 1. The van der Waals surface area contributed by atoms with Crippen molar-refractivity contribution in [2.24, 2.45) is 17.3 Å². The van der Waals surface area contributed by atoms with E-state index in [1.807, 2.05) is 0 Å². The van der Waals surface area contributed by atoms with Gasteiger partial charge in [-0.25, -0.2) is 0 Å². The summed E-state index contributed by atoms with van der Waals surface area (Å²) in [7, 11) is 0. The average Bonchev–Trinajstić information content (AvgIpc) is 2.81. The molecule has 108 valence electrons. The molecule has 0 aromatic rings. The summed E-state index contributed by atoms with van der Waals surface area (Å²) in [5.74, 6) is 0.946. The minimum Gasteiger partial charge on any atom is -0.393 e. The predicted molar refractivity (Wildman–Crippen MR) is 74.6 cm³/mol. The zero-order chi connectivity index (χ0) is 13.6. The van der Waals surface area contributed by atoms with Gasteiger partial charge in [-0.2, -0.15) is 0 Å². The third-order valence-corrected chi connectivity index (χ3v) is 5.67. The van der Waals surface area contributed by atoms with Crippen LogP contribution in [0.5, 0.6) is 0 Å². The maximum atomic E-state index is 12.6. The van der Waals surface area contributed by atoms with Gasteiger partial charge in [0.1, 0.15) is 0 Å². The lowest BCUT2D eigenvalue weighted by atomic mass is 9.80. The molecule has 0 radical (unpaired) electrons. The maximum Gasteiger partial charge on any atom is 0.226 e. The molecule has 0 aromatic carbocycles. The van der Waals surface area contributed by atoms with Gasteiger partial charge in [-0.1, -0.05) is 26.7 Å². The van der Waals surface area contributed by atoms with E-state index in [0.29, 0.717) is 17.9 Å². The van der Waals surface area contributed by atoms with Gasteiger partial charge in [0.2, 0.25) is 5.91 Å². The van der Waals surface area contributed by atoms with Crippen LogP contribution in [0.1, 0.15) is 58.8 Å². The normalized spacial score (nSPS) is 41.3. The van der Waals surface area contributed by atoms with Gasteiger partial charge in [0.25, 0.3) is 0 Å². The number of carbonyl (C=O) groups excluding carboxylic acids is 1. The Bertz CT molecular complexity index is 366. The summed E-state index contributed by atoms with van der Waals surface area (Å²) >= 11 is 0. The van der Waals surface area contributed by atoms with Crippen molar-refractivity contribution in [3.63, 3.8) is 0 Å². The molecule has 1 N–H and O–H groups in total. The Morgan fingerprint density at radius 1 is 1.16 bits per heavy atom. The number of rotatable bonds is 2. The second-order valence-corrected chi connectivity index (χ2v) is 7.50. The lowest BCUT2D eigenvalue weighted by Gasteiger charge is -2.37. The van der Waals surface area contributed by atoms with Gasteiger partial charge in [0.05, 0.1) is 6.10 Å². The first-order valence-corrected chi connectivity index (χ1v) is 7.99. The molecule has 0 bridgehead atoms. The highest BCUT2D eigenvalue weighted by Crippen LogP contribution is 2.53. The Morgan fingerprint density at radius 2 is 1.84 bits per heavy atom. The molecule has 19 heavy (non-hydrogen) atoms. The average molecular weight is 265 g/mol. The lowest BCUT2D eigenvalue weighted by Crippen LogP contribution is -2.46. The summed E-state index contributed by atoms with van der Waals surface area (Å²) in [6.45, 7) is 5.30. The number of hydrogen-bond donors (Lipinski definition) is 1. The first kappa shape index (κ1) is 13.4. The summed E-state index contributed by atoms with van der Waals surface area (Å²) in [5.41, 5.74) is 0.218. The first-order valence-electron chi connectivity index (χ1n) is 7.99. The number of aliphatic hydroxyl groups is 1. The molecule has 3 rings (SSSR count). The van der Waals surface area contributed by atoms with Crippen LogP contribution in [0.25, 0.3) is 0 Å². The van der Waals surface area contributed by atoms with Gasteiger partial charge in [-0.15, -0.1) is 0 Å². The molecular weight excluding hydrogens is 238 g/mol. The number of aliphatic hydroxyl groups excluding tert-OH is 1. The van der Waals surface area contributed by atoms with Crippen LogP contribution < -0.4 is 0 Å². The molecule has 4 unspecified atom stereocenters. The van der Waals surface area contributed by atoms with Gasteiger partial charge in [-0.05, 0) is 37.5 Å². The van der Waals surface area contributed by atoms with E-state index >= 15 is 0 Å². The molecule has 3 fully saturated rings. The van der Waals surface area contributed by atoms with E-state index in [1.165, 1.54) is 6.42 Å². The minimum atomic E-state index is -0.181. The number of hydrogen-bond acceptors (Lipinski definition) is 2. The van der Waals surface area contributed by atoms with E-state index in [4.69, 9.17) is 0 Å². The fourth-order valence-electron chi connectivity index (χ4n) is 4.19. The third-order valence-electron chi connectivity index (χ3n) is 5.67. The molecule has 3 heteroatoms. The Labute approximate surface area is 116 Å². The van der Waals surface area contributed by atoms with E-state index in [0.717, 1.165) is 45.1 Å². The molecule has 3 aliphatic rings. The Balaban J connectivity index is 1.69. The van der Waals surface area contributed by atoms with Gasteiger partial charge in [0, 0.05) is 24.4 Å². The largest absolute Gasteiger partial charge is 0.393 e. The molecular formula is C16H27NO2. The van der Waals surface area contributed by atoms with Crippen molar-refractivity contribution in [3.05, 3.63) is 0 Å². The summed E-state index contributed by atoms with van der Waals surface area (Å²) in [4.78, 5) is 14.8. The van der Waals surface area contributed by atoms with E-state index in [9.17, 15) is 9.90 Å². The van der Waals surface area contributed by atoms with Crippen molar-refractivity contribution in [2.75, 3.05) is 6.54 Å². The Morgan fingerprint density at radius 3 is 2.47 bits per heavy atom. The van der Waals surface area contributed by atoms with Crippen LogP contribution in [0.4, 0.5) is 0 Å². The maximum absolute atomic E-state index is 12.6. The fraction of sp³-hybridized carbons (Fsp3) is 0.938. The van der Waals surface area contributed by atoms with Crippen molar-refractivity contribution in [2.45, 2.75) is 70.9 Å². The van der Waals surface area contributed by atoms with Crippen LogP contribution in [-0.4, -0.2) is 34.6 Å². The van der Waals surface area contributed by atoms with E-state index in [-0.39, 0.29) is 17.4 Å². The molecule has 2 saturated carbocycles. The standard InChI is InChI=1S/C16H27NO2/c1-16(2)10-12(16)15(19)17-9-5-7-13(17)11-6-3-4-8-14(11)18/h11-14,18H,3-10H2,1-2H3. The van der Waals surface area contributed by atoms with Crippen LogP contribution >= 0.6 is 0 Å². The van der Waals surface area contributed by atoms with Crippen LogP contribution in [-0.2, 0) is 4.79 Å². The number of carbonyl (C=O) groups is 1. The summed E-state index contributed by atoms with van der Waals surface area (Å²) in [6.07, 6.45) is 7.47. The Hall–Kier alpha value is -0.570. The number of amides is 1. The SMILES string of the molecule is CC1(C)CC1C(=O)N1CCCC1C1CCCCC1O. The van der Waals surface area contributed by atoms with Gasteiger partial charge < -0.3 is 10.0 Å². The highest BCUT2D eigenvalue weighted by molar-refractivity contribution is 5.83. The molecule has 3 nitrogen and oxygen atoms in total. The summed E-state index contributed by atoms with van der Waals surface area (Å²) in [5, 5.41) is 10.2. The molecule has 4 atom stereocenters. The predicted octanol–water partition coefficient (Wildman–Crippen LogP) is 2.57. The molecule has 2 aliphatic carbocycles. The monoisotopic (exact) mass is 265 g/mol. The molecule has 0 aromatic heterocycles. The van der Waals surface area contributed by atoms with E-state index < -0.39 is 0 Å². The first-order chi connectivity index (χ1) is 9.00. The highest BCUT2D eigenvalue weighted by Gasteiger charge is 2.53. The van der Waals surface area contributed by atoms with Crippen molar-refractivity contribution in [3.8, 4) is 0 Å². The second-order valence-electron chi connectivity index (χ2n) is 7.50. The van der Waals surface area contributed by atoms with Crippen molar-refractivity contribution in [1.82, 2.24) is 4.90 Å². The van der Waals surface area contributed by atoms with Gasteiger partial charge in [-0.3, -0.25) is 4.79 Å². The third kappa shape index (κ3) is 2.42. The lowest BCUT2D eigenvalue weighted by molar-refractivity contribution is -0.136. The van der Waals surface area contributed by atoms with Crippen molar-refractivity contribution in [1.29, 1.82) is 0 Å². The molecule has 1 amide bonds. The van der Waals surface area contributed by atoms with Crippen LogP contribution in [0.15, 0.2) is 0 Å². The van der Waals surface area contributed by atoms with Crippen LogP contribution in [0, 0.1) is 17.3 Å². The molecule has 1 heterocycles. The second kappa shape index (κ2) is 4.76. The molecule has 1 saturated heterocycles. The van der Waals surface area contributed by atoms with Crippen LogP contribution in [0.2, 0.25) is 0 Å². The van der Waals surface area contributed by atoms with Crippen molar-refractivity contribution >= 4 is 5.91 Å². The van der Waals surface area contributed by atoms with Gasteiger partial charge >= 0.3 is 0 Å². The Kier molecular flexibility index (Phi) is 3.36. The van der Waals surface area contributed by atoms with Crippen molar-refractivity contribution < 1.29 is 9.90 Å².